The maximum Gasteiger partial charge on any atom is 0.126 e. The third kappa shape index (κ3) is 3.44. The van der Waals surface area contributed by atoms with Crippen molar-refractivity contribution in [1.82, 2.24) is 19.5 Å². The molecule has 0 aliphatic heterocycles. The molecule has 3 heterocycles. The largest absolute Gasteiger partial charge is 0.465 e. The van der Waals surface area contributed by atoms with Gasteiger partial charge in [-0.25, -0.2) is 15.0 Å². The first kappa shape index (κ1) is 17.0. The van der Waals surface area contributed by atoms with E-state index in [9.17, 15) is 0 Å². The Morgan fingerprint density at radius 1 is 1.07 bits per heavy atom. The van der Waals surface area contributed by atoms with E-state index in [2.05, 4.69) is 40.5 Å². The van der Waals surface area contributed by atoms with Gasteiger partial charge >= 0.3 is 0 Å². The summed E-state index contributed by atoms with van der Waals surface area (Å²) >= 11 is 0. The van der Waals surface area contributed by atoms with Crippen molar-refractivity contribution in [2.75, 3.05) is 0 Å². The molecule has 0 fully saturated rings. The smallest absolute Gasteiger partial charge is 0.126 e. The fourth-order valence-electron chi connectivity index (χ4n) is 3.20. The third-order valence-corrected chi connectivity index (χ3v) is 4.57. The van der Waals surface area contributed by atoms with E-state index in [1.54, 1.807) is 18.8 Å². The van der Waals surface area contributed by atoms with Crippen LogP contribution in [0.3, 0.4) is 0 Å². The van der Waals surface area contributed by atoms with Gasteiger partial charge in [-0.05, 0) is 43.7 Å². The minimum absolute atomic E-state index is 0.0212. The zero-order valence-corrected chi connectivity index (χ0v) is 15.3. The average Bonchev–Trinajstić information content (AvgIpc) is 3.38. The summed E-state index contributed by atoms with van der Waals surface area (Å²) in [5.41, 5.74) is 5.07. The summed E-state index contributed by atoms with van der Waals surface area (Å²) in [5.74, 6) is 0.814. The highest BCUT2D eigenvalue weighted by molar-refractivity contribution is 5.84. The molecular weight excluding hydrogens is 336 g/mol. The first-order valence-electron chi connectivity index (χ1n) is 8.84. The molecule has 1 atom stereocenters. The van der Waals surface area contributed by atoms with Crippen LogP contribution in [-0.4, -0.2) is 19.5 Å². The number of hydrogen-bond acceptors (Lipinski definition) is 4. The van der Waals surface area contributed by atoms with Crippen LogP contribution >= 0.6 is 0 Å². The zero-order chi connectivity index (χ0) is 18.6. The second-order valence-electron chi connectivity index (χ2n) is 6.37. The van der Waals surface area contributed by atoms with Gasteiger partial charge in [0.25, 0.3) is 0 Å². The molecule has 0 aliphatic carbocycles. The molecule has 134 valence electrons. The summed E-state index contributed by atoms with van der Waals surface area (Å²) in [6.45, 7) is 4.19. The maximum atomic E-state index is 5.51. The Labute approximate surface area is 158 Å². The highest BCUT2D eigenvalue weighted by atomic mass is 16.3. The topological polar surface area (TPSA) is 56.7 Å². The van der Waals surface area contributed by atoms with E-state index < -0.39 is 0 Å². The van der Waals surface area contributed by atoms with E-state index in [4.69, 9.17) is 9.40 Å². The number of rotatable bonds is 5. The van der Waals surface area contributed by atoms with Gasteiger partial charge in [-0.2, -0.15) is 0 Å². The molecule has 0 bridgehead atoms. The molecule has 27 heavy (non-hydrogen) atoms. The second-order valence-corrected chi connectivity index (χ2v) is 6.37. The fraction of sp³-hybridized carbons (Fsp3) is 0.136. The molecule has 0 N–H and O–H groups in total. The van der Waals surface area contributed by atoms with Gasteiger partial charge in [0, 0.05) is 11.8 Å². The van der Waals surface area contributed by atoms with Gasteiger partial charge in [0.2, 0.25) is 0 Å². The number of benzene rings is 1. The van der Waals surface area contributed by atoms with Crippen LogP contribution in [0.4, 0.5) is 0 Å². The summed E-state index contributed by atoms with van der Waals surface area (Å²) < 4.78 is 7.66. The highest BCUT2D eigenvalue weighted by Gasteiger charge is 2.20. The maximum absolute atomic E-state index is 5.51. The van der Waals surface area contributed by atoms with E-state index in [1.807, 2.05) is 48.8 Å². The van der Waals surface area contributed by atoms with Crippen molar-refractivity contribution < 1.29 is 4.42 Å². The lowest BCUT2D eigenvalue weighted by atomic mass is 10.0. The van der Waals surface area contributed by atoms with Crippen molar-refractivity contribution >= 4 is 11.6 Å². The molecule has 0 saturated carbocycles. The van der Waals surface area contributed by atoms with Gasteiger partial charge in [0.15, 0.2) is 0 Å². The van der Waals surface area contributed by atoms with E-state index in [0.29, 0.717) is 0 Å². The number of furan rings is 1. The molecular formula is C22H20N4O. The first-order valence-corrected chi connectivity index (χ1v) is 8.84. The number of imidazole rings is 1. The van der Waals surface area contributed by atoms with Crippen LogP contribution in [0.15, 0.2) is 78.1 Å². The van der Waals surface area contributed by atoms with E-state index in [1.165, 1.54) is 0 Å². The van der Waals surface area contributed by atoms with Crippen molar-refractivity contribution in [1.29, 1.82) is 0 Å². The van der Waals surface area contributed by atoms with Crippen LogP contribution in [-0.2, 0) is 0 Å². The number of nitrogens with zero attached hydrogens (tertiary/aromatic N) is 4. The van der Waals surface area contributed by atoms with Crippen molar-refractivity contribution in [2.24, 2.45) is 0 Å². The average molecular weight is 356 g/mol. The van der Waals surface area contributed by atoms with Gasteiger partial charge in [-0.1, -0.05) is 30.3 Å². The number of allylic oxidation sites excluding steroid dienone is 1. The zero-order valence-electron chi connectivity index (χ0n) is 15.3. The fourth-order valence-corrected chi connectivity index (χ4v) is 3.20. The molecule has 0 radical (unpaired) electrons. The summed E-state index contributed by atoms with van der Waals surface area (Å²) in [4.78, 5) is 13.2. The van der Waals surface area contributed by atoms with Crippen molar-refractivity contribution in [3.63, 3.8) is 0 Å². The Kier molecular flexibility index (Phi) is 4.66. The van der Waals surface area contributed by atoms with Crippen LogP contribution in [0.1, 0.15) is 37.0 Å². The minimum atomic E-state index is 0.0212. The Bertz CT molecular complexity index is 1030. The second kappa shape index (κ2) is 7.41. The van der Waals surface area contributed by atoms with Crippen molar-refractivity contribution in [3.8, 4) is 11.3 Å². The van der Waals surface area contributed by atoms with Gasteiger partial charge in [-0.15, -0.1) is 0 Å². The molecule has 0 aliphatic rings. The molecule has 5 heteroatoms. The predicted octanol–water partition coefficient (Wildman–Crippen LogP) is 5.10. The molecule has 0 saturated heterocycles. The highest BCUT2D eigenvalue weighted by Crippen LogP contribution is 2.32. The van der Waals surface area contributed by atoms with E-state index in [-0.39, 0.29) is 6.04 Å². The normalized spacial score (nSPS) is 12.9. The molecule has 3 aromatic heterocycles. The monoisotopic (exact) mass is 356 g/mol. The van der Waals surface area contributed by atoms with Crippen molar-refractivity contribution in [3.05, 3.63) is 90.8 Å². The summed E-state index contributed by atoms with van der Waals surface area (Å²) in [6, 6.07) is 16.0. The quantitative estimate of drug-likeness (QED) is 0.499. The molecule has 0 unspecified atom stereocenters. The van der Waals surface area contributed by atoms with Gasteiger partial charge < -0.3 is 8.98 Å². The Morgan fingerprint density at radius 2 is 1.93 bits per heavy atom. The van der Waals surface area contributed by atoms with Crippen LogP contribution in [0.2, 0.25) is 0 Å². The Hall–Kier alpha value is -3.47. The molecule has 4 aromatic rings. The van der Waals surface area contributed by atoms with Crippen molar-refractivity contribution in [2.45, 2.75) is 19.9 Å². The molecule has 0 spiro atoms. The summed E-state index contributed by atoms with van der Waals surface area (Å²) in [5, 5.41) is 0. The Balaban J connectivity index is 1.86. The van der Waals surface area contributed by atoms with Gasteiger partial charge in [0.05, 0.1) is 35.7 Å². The summed E-state index contributed by atoms with van der Waals surface area (Å²) in [6.07, 6.45) is 8.93. The molecule has 4 rings (SSSR count). The van der Waals surface area contributed by atoms with E-state index in [0.717, 1.165) is 34.0 Å². The molecule has 0 amide bonds. The lowest BCUT2D eigenvalue weighted by molar-refractivity contribution is 0.557. The van der Waals surface area contributed by atoms with Gasteiger partial charge in [0.1, 0.15) is 12.1 Å². The summed E-state index contributed by atoms with van der Waals surface area (Å²) in [7, 11) is 0. The van der Waals surface area contributed by atoms with Crippen LogP contribution in [0.5, 0.6) is 0 Å². The standard InChI is InChI=1S/C22H20N4O/c1-16(13-19-9-6-12-27-19)22-21(18-7-4-3-5-8-18)25-15-26(22)17(2)20-10-11-23-14-24-20/h3-15,17H,1-2H3/b16-13+/t17-/m0/s1. The minimum Gasteiger partial charge on any atom is -0.465 e. The first-order chi connectivity index (χ1) is 13.2. The lowest BCUT2D eigenvalue weighted by Crippen LogP contribution is -2.10. The number of aromatic nitrogens is 4. The van der Waals surface area contributed by atoms with Crippen LogP contribution < -0.4 is 0 Å². The van der Waals surface area contributed by atoms with Crippen LogP contribution in [0.25, 0.3) is 22.9 Å². The SMILES string of the molecule is C/C(=C\c1ccco1)c1c(-c2ccccc2)ncn1[C@@H](C)c1ccncn1. The molecule has 5 nitrogen and oxygen atoms in total. The third-order valence-electron chi connectivity index (χ3n) is 4.57. The van der Waals surface area contributed by atoms with E-state index >= 15 is 0 Å². The lowest BCUT2D eigenvalue weighted by Gasteiger charge is -2.17. The predicted molar refractivity (Wildman–Crippen MR) is 106 cm³/mol. The van der Waals surface area contributed by atoms with Gasteiger partial charge in [-0.3, -0.25) is 0 Å². The molecule has 1 aromatic carbocycles. The Morgan fingerprint density at radius 3 is 2.63 bits per heavy atom. The van der Waals surface area contributed by atoms with Crippen LogP contribution in [0, 0.1) is 0 Å². The number of hydrogen-bond donors (Lipinski definition) is 0.